The zero-order valence-corrected chi connectivity index (χ0v) is 14.7. The largest absolute Gasteiger partial charge is 0.295 e. The van der Waals surface area contributed by atoms with E-state index >= 15 is 0 Å². The Hall–Kier alpha value is -1.67. The highest BCUT2D eigenvalue weighted by molar-refractivity contribution is 6.29. The molecule has 1 rings (SSSR count). The van der Waals surface area contributed by atoms with Crippen LogP contribution in [-0.4, -0.2) is 10.8 Å². The Morgan fingerprint density at radius 3 is 2.05 bits per heavy atom. The van der Waals surface area contributed by atoms with Gasteiger partial charge >= 0.3 is 0 Å². The van der Waals surface area contributed by atoms with Gasteiger partial charge in [0.15, 0.2) is 5.78 Å². The van der Waals surface area contributed by atoms with Crippen LogP contribution in [0.1, 0.15) is 39.0 Å². The number of Topliss-reactive ketones (excluding diaryl/α,β-unsaturated/α-hetero) is 1. The molecule has 0 amide bonds. The number of ketones is 1. The first-order chi connectivity index (χ1) is 9.86. The first-order valence-electron chi connectivity index (χ1n) is 6.93. The van der Waals surface area contributed by atoms with E-state index in [2.05, 4.69) is 17.6 Å². The summed E-state index contributed by atoms with van der Waals surface area (Å²) in [6.45, 7) is 14.8. The minimum atomic E-state index is -0.00540. The molecule has 0 atom stereocenters. The van der Waals surface area contributed by atoms with Gasteiger partial charge in [-0.05, 0) is 45.4 Å². The molecule has 0 saturated heterocycles. The summed E-state index contributed by atoms with van der Waals surface area (Å²) >= 11 is 5.55. The van der Waals surface area contributed by atoms with Crippen molar-refractivity contribution in [2.45, 2.75) is 41.5 Å². The maximum Gasteiger partial charge on any atom is 0.159 e. The van der Waals surface area contributed by atoms with E-state index in [1.54, 1.807) is 19.1 Å². The second-order valence-corrected chi connectivity index (χ2v) is 4.71. The summed E-state index contributed by atoms with van der Waals surface area (Å²) in [7, 11) is 0. The first-order valence-corrected chi connectivity index (χ1v) is 7.31. The normalized spacial score (nSPS) is 10.6. The summed E-state index contributed by atoms with van der Waals surface area (Å²) < 4.78 is 0. The Labute approximate surface area is 134 Å². The predicted molar refractivity (Wildman–Crippen MR) is 93.6 cm³/mol. The number of halogens is 1. The van der Waals surface area contributed by atoms with Crippen LogP contribution in [0.25, 0.3) is 0 Å². The topological polar surface area (TPSA) is 30.0 Å². The van der Waals surface area contributed by atoms with Gasteiger partial charge in [-0.3, -0.25) is 9.78 Å². The van der Waals surface area contributed by atoms with E-state index in [1.807, 2.05) is 40.0 Å². The first kappa shape index (κ1) is 21.6. The number of pyridine rings is 1. The lowest BCUT2D eigenvalue weighted by Crippen LogP contribution is -1.91. The molecule has 2 nitrogen and oxygen atoms in total. The number of allylic oxidation sites excluding steroid dienone is 5. The van der Waals surface area contributed by atoms with E-state index < -0.39 is 0 Å². The van der Waals surface area contributed by atoms with Gasteiger partial charge in [0.05, 0.1) is 0 Å². The Morgan fingerprint density at radius 2 is 1.76 bits per heavy atom. The fraction of sp³-hybridized carbons (Fsp3) is 0.333. The van der Waals surface area contributed by atoms with Crippen molar-refractivity contribution in [2.75, 3.05) is 0 Å². The number of hydrogen-bond acceptors (Lipinski definition) is 2. The summed E-state index contributed by atoms with van der Waals surface area (Å²) in [6, 6.07) is 4.07. The molecule has 0 unspecified atom stereocenters. The van der Waals surface area contributed by atoms with Crippen LogP contribution in [-0.2, 0) is 4.79 Å². The van der Waals surface area contributed by atoms with E-state index in [9.17, 15) is 4.79 Å². The molecule has 116 valence electrons. The molecule has 0 fully saturated rings. The van der Waals surface area contributed by atoms with Gasteiger partial charge in [0, 0.05) is 22.5 Å². The average molecular weight is 308 g/mol. The zero-order chi connectivity index (χ0) is 16.8. The Morgan fingerprint density at radius 1 is 1.19 bits per heavy atom. The van der Waals surface area contributed by atoms with Crippen LogP contribution >= 0.6 is 11.6 Å². The maximum absolute atomic E-state index is 10.8. The molecular formula is C18H26ClNO. The van der Waals surface area contributed by atoms with Crippen molar-refractivity contribution in [3.05, 3.63) is 65.0 Å². The molecule has 0 bridgehead atoms. The van der Waals surface area contributed by atoms with Crippen LogP contribution in [0.3, 0.4) is 0 Å². The van der Waals surface area contributed by atoms with Crippen molar-refractivity contribution in [3.8, 4) is 0 Å². The molecular weight excluding hydrogens is 282 g/mol. The summed E-state index contributed by atoms with van der Waals surface area (Å²) in [5.41, 5.74) is 2.87. The zero-order valence-electron chi connectivity index (χ0n) is 13.9. The standard InChI is InChI=1S/C9H11ClO.C7H9N.C2H6/c1-4-9(8(3)11)6-5-7(2)10;1-6-3-4-7(2)8-5-6;1-2/h4-6H,1H2,2-3H3;3-5H,1-2H3;1-2H3/b7-5+,9-6+;;. The number of rotatable bonds is 3. The Bertz CT molecular complexity index is 459. The van der Waals surface area contributed by atoms with Crippen LogP contribution in [0.15, 0.2) is 53.7 Å². The Kier molecular flexibility index (Phi) is 13.7. The highest BCUT2D eigenvalue weighted by atomic mass is 35.5. The van der Waals surface area contributed by atoms with E-state index in [-0.39, 0.29) is 5.78 Å². The number of carbonyl (C=O) groups excluding carboxylic acids is 1. The third-order valence-corrected chi connectivity index (χ3v) is 2.30. The minimum absolute atomic E-state index is 0.00540. The van der Waals surface area contributed by atoms with Crippen molar-refractivity contribution in [3.63, 3.8) is 0 Å². The van der Waals surface area contributed by atoms with Crippen LogP contribution < -0.4 is 0 Å². The van der Waals surface area contributed by atoms with E-state index in [0.717, 1.165) is 5.69 Å². The predicted octanol–water partition coefficient (Wildman–Crippen LogP) is 5.56. The van der Waals surface area contributed by atoms with Gasteiger partial charge in [-0.25, -0.2) is 0 Å². The van der Waals surface area contributed by atoms with Crippen LogP contribution in [0, 0.1) is 13.8 Å². The van der Waals surface area contributed by atoms with Crippen LogP contribution in [0.2, 0.25) is 0 Å². The van der Waals surface area contributed by atoms with Gasteiger partial charge in [0.1, 0.15) is 0 Å². The van der Waals surface area contributed by atoms with Gasteiger partial charge in [0.2, 0.25) is 0 Å². The van der Waals surface area contributed by atoms with E-state index in [0.29, 0.717) is 10.6 Å². The highest BCUT2D eigenvalue weighted by Crippen LogP contribution is 2.03. The monoisotopic (exact) mass is 307 g/mol. The highest BCUT2D eigenvalue weighted by Gasteiger charge is 1.94. The van der Waals surface area contributed by atoms with Crippen molar-refractivity contribution >= 4 is 17.4 Å². The second-order valence-electron chi connectivity index (χ2n) is 4.11. The smallest absolute Gasteiger partial charge is 0.159 e. The third kappa shape index (κ3) is 13.1. The molecule has 0 saturated carbocycles. The molecule has 1 aromatic rings. The van der Waals surface area contributed by atoms with Crippen molar-refractivity contribution in [1.29, 1.82) is 0 Å². The molecule has 0 aromatic carbocycles. The van der Waals surface area contributed by atoms with Crippen LogP contribution in [0.4, 0.5) is 0 Å². The molecule has 0 N–H and O–H groups in total. The fourth-order valence-electron chi connectivity index (χ4n) is 1.08. The van der Waals surface area contributed by atoms with Crippen molar-refractivity contribution in [2.24, 2.45) is 0 Å². The number of nitrogens with zero attached hydrogens (tertiary/aromatic N) is 1. The third-order valence-electron chi connectivity index (χ3n) is 2.18. The molecule has 1 aromatic heterocycles. The molecule has 0 aliphatic carbocycles. The molecule has 0 aliphatic rings. The van der Waals surface area contributed by atoms with E-state index in [1.165, 1.54) is 18.6 Å². The Balaban J connectivity index is 0. The number of aromatic nitrogens is 1. The molecule has 21 heavy (non-hydrogen) atoms. The number of hydrogen-bond donors (Lipinski definition) is 0. The maximum atomic E-state index is 10.8. The van der Waals surface area contributed by atoms with Crippen LogP contribution in [0.5, 0.6) is 0 Å². The summed E-state index contributed by atoms with van der Waals surface area (Å²) in [5.74, 6) is -0.00540. The molecule has 0 aliphatic heterocycles. The number of aryl methyl sites for hydroxylation is 2. The van der Waals surface area contributed by atoms with Gasteiger partial charge in [-0.1, -0.05) is 50.2 Å². The lowest BCUT2D eigenvalue weighted by Gasteiger charge is -1.90. The van der Waals surface area contributed by atoms with E-state index in [4.69, 9.17) is 11.6 Å². The van der Waals surface area contributed by atoms with Gasteiger partial charge in [-0.15, -0.1) is 0 Å². The van der Waals surface area contributed by atoms with Crippen molar-refractivity contribution < 1.29 is 4.79 Å². The van der Waals surface area contributed by atoms with Gasteiger partial charge in [0.25, 0.3) is 0 Å². The summed E-state index contributed by atoms with van der Waals surface area (Å²) in [6.07, 6.45) is 6.70. The molecule has 0 radical (unpaired) electrons. The molecule has 1 heterocycles. The van der Waals surface area contributed by atoms with Gasteiger partial charge < -0.3 is 0 Å². The summed E-state index contributed by atoms with van der Waals surface area (Å²) in [4.78, 5) is 14.9. The van der Waals surface area contributed by atoms with Gasteiger partial charge in [-0.2, -0.15) is 0 Å². The minimum Gasteiger partial charge on any atom is -0.295 e. The fourth-order valence-corrected chi connectivity index (χ4v) is 1.14. The quantitative estimate of drug-likeness (QED) is 0.541. The molecule has 0 spiro atoms. The summed E-state index contributed by atoms with van der Waals surface area (Å²) in [5, 5.41) is 0.644. The lowest BCUT2D eigenvalue weighted by molar-refractivity contribution is -0.113. The van der Waals surface area contributed by atoms with Crippen molar-refractivity contribution in [1.82, 2.24) is 4.98 Å². The SMILES string of the molecule is C=C/C(=C\C=C(/C)Cl)C(C)=O.CC.Cc1ccc(C)nc1. The number of carbonyl (C=O) groups is 1. The second kappa shape index (κ2) is 13.3. The lowest BCUT2D eigenvalue weighted by atomic mass is 10.2. The molecule has 3 heteroatoms. The average Bonchev–Trinajstić information content (AvgIpc) is 2.45.